The van der Waals surface area contributed by atoms with Crippen LogP contribution in [-0.2, 0) is 6.42 Å². The summed E-state index contributed by atoms with van der Waals surface area (Å²) in [7, 11) is 0. The van der Waals surface area contributed by atoms with Crippen molar-refractivity contribution in [2.24, 2.45) is 0 Å². The van der Waals surface area contributed by atoms with E-state index in [1.54, 1.807) is 6.26 Å². The van der Waals surface area contributed by atoms with Crippen molar-refractivity contribution in [2.75, 3.05) is 0 Å². The largest absolute Gasteiger partial charge is 0.469 e. The molecule has 10 heavy (non-hydrogen) atoms. The second kappa shape index (κ2) is 3.45. The van der Waals surface area contributed by atoms with Gasteiger partial charge in [0.15, 0.2) is 0 Å². The van der Waals surface area contributed by atoms with Gasteiger partial charge in [0.1, 0.15) is 5.76 Å². The highest BCUT2D eigenvalue weighted by Crippen LogP contribution is 2.11. The van der Waals surface area contributed by atoms with Gasteiger partial charge in [0.05, 0.1) is 6.26 Å². The van der Waals surface area contributed by atoms with Crippen molar-refractivity contribution in [3.63, 3.8) is 0 Å². The van der Waals surface area contributed by atoms with Gasteiger partial charge in [-0.3, -0.25) is 0 Å². The van der Waals surface area contributed by atoms with Crippen LogP contribution in [0.25, 0.3) is 0 Å². The highest BCUT2D eigenvalue weighted by atomic mass is 16.3. The van der Waals surface area contributed by atoms with Gasteiger partial charge < -0.3 is 4.42 Å². The molecule has 0 aliphatic heterocycles. The van der Waals surface area contributed by atoms with Gasteiger partial charge in [-0.05, 0) is 25.0 Å². The zero-order valence-electron chi connectivity index (χ0n) is 6.39. The van der Waals surface area contributed by atoms with E-state index in [4.69, 9.17) is 4.42 Å². The third kappa shape index (κ3) is 1.63. The molecular weight excluding hydrogens is 124 g/mol. The van der Waals surface area contributed by atoms with Crippen LogP contribution in [0.1, 0.15) is 31.1 Å². The Morgan fingerprint density at radius 2 is 2.40 bits per heavy atom. The molecule has 1 rings (SSSR count). The van der Waals surface area contributed by atoms with Crippen molar-refractivity contribution in [3.05, 3.63) is 30.6 Å². The van der Waals surface area contributed by atoms with E-state index in [1.165, 1.54) is 12.8 Å². The Balaban J connectivity index is 2.49. The smallest absolute Gasteiger partial charge is 0.106 e. The number of unbranched alkanes of at least 4 members (excludes halogenated alkanes) is 1. The van der Waals surface area contributed by atoms with Gasteiger partial charge in [0.25, 0.3) is 0 Å². The number of aryl methyl sites for hydroxylation is 1. The lowest BCUT2D eigenvalue weighted by atomic mass is 10.1. The van der Waals surface area contributed by atoms with Crippen LogP contribution in [-0.4, -0.2) is 0 Å². The topological polar surface area (TPSA) is 13.1 Å². The molecule has 0 amide bonds. The van der Waals surface area contributed by atoms with Crippen LogP contribution in [0, 0.1) is 6.92 Å². The quantitative estimate of drug-likeness (QED) is 0.624. The molecule has 1 heterocycles. The molecule has 1 aromatic heterocycles. The molecule has 55 valence electrons. The third-order valence-corrected chi connectivity index (χ3v) is 1.60. The molecule has 1 radical (unpaired) electrons. The average Bonchev–Trinajstić information content (AvgIpc) is 2.31. The average molecular weight is 137 g/mol. The Hall–Kier alpha value is -0.720. The summed E-state index contributed by atoms with van der Waals surface area (Å²) in [6, 6.07) is 1.91. The molecule has 1 aromatic rings. The minimum atomic E-state index is 1.03. The number of hydrogen-bond donors (Lipinski definition) is 0. The van der Waals surface area contributed by atoms with E-state index in [-0.39, 0.29) is 0 Å². The molecule has 0 aliphatic rings. The Bertz CT molecular complexity index is 188. The van der Waals surface area contributed by atoms with E-state index in [9.17, 15) is 0 Å². The monoisotopic (exact) mass is 137 g/mol. The Morgan fingerprint density at radius 3 is 2.90 bits per heavy atom. The fraction of sp³-hybridized carbons (Fsp3) is 0.444. The van der Waals surface area contributed by atoms with E-state index in [0.717, 1.165) is 17.7 Å². The lowest BCUT2D eigenvalue weighted by molar-refractivity contribution is 0.499. The minimum absolute atomic E-state index is 1.03. The third-order valence-electron chi connectivity index (χ3n) is 1.60. The fourth-order valence-electron chi connectivity index (χ4n) is 0.924. The van der Waals surface area contributed by atoms with E-state index < -0.39 is 0 Å². The van der Waals surface area contributed by atoms with Crippen LogP contribution in [0.2, 0.25) is 0 Å². The maximum Gasteiger partial charge on any atom is 0.106 e. The van der Waals surface area contributed by atoms with Crippen LogP contribution in [0.5, 0.6) is 0 Å². The molecule has 1 nitrogen and oxygen atoms in total. The van der Waals surface area contributed by atoms with Crippen LogP contribution >= 0.6 is 0 Å². The zero-order chi connectivity index (χ0) is 7.40. The van der Waals surface area contributed by atoms with Gasteiger partial charge in [0, 0.05) is 6.42 Å². The molecule has 0 atom stereocenters. The SMILES string of the molecule is [CH2]c1ccoc1CCCC. The minimum Gasteiger partial charge on any atom is -0.469 e. The lowest BCUT2D eigenvalue weighted by Crippen LogP contribution is -1.82. The van der Waals surface area contributed by atoms with Gasteiger partial charge in [0.2, 0.25) is 0 Å². The summed E-state index contributed by atoms with van der Waals surface area (Å²) >= 11 is 0. The molecule has 0 saturated carbocycles. The lowest BCUT2D eigenvalue weighted by Gasteiger charge is -1.94. The highest BCUT2D eigenvalue weighted by Gasteiger charge is 1.98. The van der Waals surface area contributed by atoms with Crippen LogP contribution in [0.3, 0.4) is 0 Å². The van der Waals surface area contributed by atoms with E-state index >= 15 is 0 Å². The second-order valence-electron chi connectivity index (χ2n) is 2.47. The van der Waals surface area contributed by atoms with E-state index in [1.807, 2.05) is 6.07 Å². The van der Waals surface area contributed by atoms with E-state index in [2.05, 4.69) is 13.8 Å². The fourth-order valence-corrected chi connectivity index (χ4v) is 0.924. The summed E-state index contributed by atoms with van der Waals surface area (Å²) < 4.78 is 5.20. The molecule has 0 aliphatic carbocycles. The first-order chi connectivity index (χ1) is 4.84. The van der Waals surface area contributed by atoms with Gasteiger partial charge >= 0.3 is 0 Å². The molecule has 0 N–H and O–H groups in total. The van der Waals surface area contributed by atoms with Gasteiger partial charge in [-0.25, -0.2) is 0 Å². The molecule has 0 aromatic carbocycles. The second-order valence-corrected chi connectivity index (χ2v) is 2.47. The number of furan rings is 1. The van der Waals surface area contributed by atoms with Gasteiger partial charge in [-0.2, -0.15) is 0 Å². The predicted molar refractivity (Wildman–Crippen MR) is 41.8 cm³/mol. The van der Waals surface area contributed by atoms with Crippen molar-refractivity contribution in [3.8, 4) is 0 Å². The molecule has 0 bridgehead atoms. The molecule has 0 spiro atoms. The molecular formula is C9H13O. The van der Waals surface area contributed by atoms with Crippen molar-refractivity contribution >= 4 is 0 Å². The summed E-state index contributed by atoms with van der Waals surface area (Å²) in [5, 5.41) is 0. The first-order valence-electron chi connectivity index (χ1n) is 3.73. The summed E-state index contributed by atoms with van der Waals surface area (Å²) in [6.07, 6.45) is 5.13. The molecule has 0 saturated heterocycles. The standard InChI is InChI=1S/C9H13O/c1-3-4-5-9-8(2)6-7-10-9/h6-7H,2-5H2,1H3. The van der Waals surface area contributed by atoms with Gasteiger partial charge in [-0.15, -0.1) is 0 Å². The normalized spacial score (nSPS) is 10.2. The van der Waals surface area contributed by atoms with Crippen molar-refractivity contribution in [1.29, 1.82) is 0 Å². The maximum atomic E-state index is 5.20. The Morgan fingerprint density at radius 1 is 1.60 bits per heavy atom. The number of rotatable bonds is 3. The number of hydrogen-bond acceptors (Lipinski definition) is 1. The first-order valence-corrected chi connectivity index (χ1v) is 3.73. The van der Waals surface area contributed by atoms with Crippen LogP contribution in [0.15, 0.2) is 16.7 Å². The van der Waals surface area contributed by atoms with Crippen molar-refractivity contribution < 1.29 is 4.42 Å². The van der Waals surface area contributed by atoms with Gasteiger partial charge in [-0.1, -0.05) is 13.3 Å². The summed E-state index contributed by atoms with van der Waals surface area (Å²) in [5.41, 5.74) is 1.04. The predicted octanol–water partition coefficient (Wildman–Crippen LogP) is 2.80. The summed E-state index contributed by atoms with van der Waals surface area (Å²) in [4.78, 5) is 0. The zero-order valence-corrected chi connectivity index (χ0v) is 6.39. The summed E-state index contributed by atoms with van der Waals surface area (Å²) in [5.74, 6) is 1.04. The van der Waals surface area contributed by atoms with E-state index in [0.29, 0.717) is 0 Å². The Labute approximate surface area is 62.1 Å². The maximum absolute atomic E-state index is 5.20. The molecule has 0 unspecified atom stereocenters. The first kappa shape index (κ1) is 7.39. The summed E-state index contributed by atoms with van der Waals surface area (Å²) in [6.45, 7) is 6.01. The Kier molecular flexibility index (Phi) is 2.55. The van der Waals surface area contributed by atoms with Crippen molar-refractivity contribution in [1.82, 2.24) is 0 Å². The molecule has 1 heteroatoms. The van der Waals surface area contributed by atoms with Crippen LogP contribution in [0.4, 0.5) is 0 Å². The van der Waals surface area contributed by atoms with Crippen molar-refractivity contribution in [2.45, 2.75) is 26.2 Å². The molecule has 0 fully saturated rings. The van der Waals surface area contributed by atoms with Crippen LogP contribution < -0.4 is 0 Å². The highest BCUT2D eigenvalue weighted by molar-refractivity contribution is 5.19.